The smallest absolute Gasteiger partial charge is 0.182 e. The summed E-state index contributed by atoms with van der Waals surface area (Å²) in [5.41, 5.74) is 5.61. The Labute approximate surface area is 126 Å². The summed E-state index contributed by atoms with van der Waals surface area (Å²) >= 11 is 0. The molecule has 1 aliphatic rings. The van der Waals surface area contributed by atoms with Gasteiger partial charge in [0, 0.05) is 17.3 Å². The minimum Gasteiger partial charge on any atom is -0.361 e. The van der Waals surface area contributed by atoms with Crippen molar-refractivity contribution in [3.63, 3.8) is 0 Å². The standard InChI is InChI=1S/C19H21NO/c1-13-8-9-14(2)17(10-13)19(21)12-20-15(3)11-16-6-4-5-7-18(16)20/h4-10,15H,11-12H2,1-3H3. The number of benzene rings is 2. The molecule has 2 heteroatoms. The maximum atomic E-state index is 12.7. The molecule has 0 fully saturated rings. The van der Waals surface area contributed by atoms with Gasteiger partial charge in [0.25, 0.3) is 0 Å². The zero-order valence-electron chi connectivity index (χ0n) is 12.9. The quantitative estimate of drug-likeness (QED) is 0.793. The number of aryl methyl sites for hydroxylation is 2. The van der Waals surface area contributed by atoms with E-state index in [9.17, 15) is 4.79 Å². The lowest BCUT2D eigenvalue weighted by molar-refractivity contribution is 0.0997. The zero-order valence-corrected chi connectivity index (χ0v) is 12.9. The molecule has 2 aromatic carbocycles. The number of anilines is 1. The Morgan fingerprint density at radius 3 is 2.76 bits per heavy atom. The first-order valence-corrected chi connectivity index (χ1v) is 7.51. The van der Waals surface area contributed by atoms with Crippen molar-refractivity contribution in [3.05, 3.63) is 64.7 Å². The van der Waals surface area contributed by atoms with E-state index in [0.29, 0.717) is 12.6 Å². The Hall–Kier alpha value is -2.09. The molecule has 0 aliphatic carbocycles. The highest BCUT2D eigenvalue weighted by atomic mass is 16.1. The SMILES string of the molecule is Cc1ccc(C)c(C(=O)CN2c3ccccc3CC2C)c1. The summed E-state index contributed by atoms with van der Waals surface area (Å²) in [7, 11) is 0. The number of nitrogens with zero attached hydrogens (tertiary/aromatic N) is 1. The lowest BCUT2D eigenvalue weighted by Gasteiger charge is -2.24. The van der Waals surface area contributed by atoms with Crippen LogP contribution >= 0.6 is 0 Å². The summed E-state index contributed by atoms with van der Waals surface area (Å²) in [5.74, 6) is 0.208. The zero-order chi connectivity index (χ0) is 15.0. The van der Waals surface area contributed by atoms with Gasteiger partial charge in [-0.2, -0.15) is 0 Å². The summed E-state index contributed by atoms with van der Waals surface area (Å²) in [6, 6.07) is 14.9. The molecule has 2 aromatic rings. The first-order chi connectivity index (χ1) is 10.1. The van der Waals surface area contributed by atoms with Gasteiger partial charge >= 0.3 is 0 Å². The molecule has 2 nitrogen and oxygen atoms in total. The third-order valence-electron chi connectivity index (χ3n) is 4.36. The molecular formula is C19H21NO. The van der Waals surface area contributed by atoms with Crippen molar-refractivity contribution in [2.24, 2.45) is 0 Å². The highest BCUT2D eigenvalue weighted by Gasteiger charge is 2.27. The van der Waals surface area contributed by atoms with Gasteiger partial charge in [-0.15, -0.1) is 0 Å². The van der Waals surface area contributed by atoms with Crippen LogP contribution < -0.4 is 4.90 Å². The largest absolute Gasteiger partial charge is 0.361 e. The van der Waals surface area contributed by atoms with E-state index in [2.05, 4.69) is 36.1 Å². The number of carbonyl (C=O) groups is 1. The number of fused-ring (bicyclic) bond motifs is 1. The summed E-state index contributed by atoms with van der Waals surface area (Å²) < 4.78 is 0. The molecule has 1 unspecified atom stereocenters. The van der Waals surface area contributed by atoms with Crippen molar-refractivity contribution in [1.82, 2.24) is 0 Å². The fourth-order valence-corrected chi connectivity index (χ4v) is 3.15. The van der Waals surface area contributed by atoms with Gasteiger partial charge in [-0.25, -0.2) is 0 Å². The van der Waals surface area contributed by atoms with E-state index in [-0.39, 0.29) is 5.78 Å². The van der Waals surface area contributed by atoms with Crippen LogP contribution in [-0.4, -0.2) is 18.4 Å². The Bertz CT molecular complexity index is 690. The van der Waals surface area contributed by atoms with Crippen LogP contribution in [0.5, 0.6) is 0 Å². The molecule has 0 saturated carbocycles. The summed E-state index contributed by atoms with van der Waals surface area (Å²) in [6.45, 7) is 6.69. The van der Waals surface area contributed by atoms with Crippen molar-refractivity contribution in [2.75, 3.05) is 11.4 Å². The molecule has 0 amide bonds. The number of hydrogen-bond acceptors (Lipinski definition) is 2. The highest BCUT2D eigenvalue weighted by molar-refractivity contribution is 6.01. The second-order valence-electron chi connectivity index (χ2n) is 6.05. The first kappa shape index (κ1) is 13.9. The van der Waals surface area contributed by atoms with Crippen molar-refractivity contribution in [3.8, 4) is 0 Å². The molecule has 0 saturated heterocycles. The summed E-state index contributed by atoms with van der Waals surface area (Å²) in [6.07, 6.45) is 1.02. The lowest BCUT2D eigenvalue weighted by Crippen LogP contribution is -2.34. The van der Waals surface area contributed by atoms with Gasteiger partial charge in [-0.1, -0.05) is 35.9 Å². The molecule has 0 N–H and O–H groups in total. The van der Waals surface area contributed by atoms with Gasteiger partial charge < -0.3 is 4.90 Å². The number of rotatable bonds is 3. The number of para-hydroxylation sites is 1. The predicted molar refractivity (Wildman–Crippen MR) is 87.2 cm³/mol. The molecule has 1 heterocycles. The summed E-state index contributed by atoms with van der Waals surface area (Å²) in [5, 5.41) is 0. The van der Waals surface area contributed by atoms with Crippen molar-refractivity contribution >= 4 is 11.5 Å². The Morgan fingerprint density at radius 1 is 1.19 bits per heavy atom. The minimum atomic E-state index is 0.208. The first-order valence-electron chi connectivity index (χ1n) is 7.51. The molecule has 3 rings (SSSR count). The molecule has 0 spiro atoms. The van der Waals surface area contributed by atoms with E-state index in [1.54, 1.807) is 0 Å². The van der Waals surface area contributed by atoms with E-state index >= 15 is 0 Å². The van der Waals surface area contributed by atoms with Crippen LogP contribution in [0.3, 0.4) is 0 Å². The van der Waals surface area contributed by atoms with E-state index < -0.39 is 0 Å². The predicted octanol–water partition coefficient (Wildman–Crippen LogP) is 3.94. The van der Waals surface area contributed by atoms with Crippen LogP contribution in [0.15, 0.2) is 42.5 Å². The Balaban J connectivity index is 1.87. The Morgan fingerprint density at radius 2 is 1.95 bits per heavy atom. The second kappa shape index (κ2) is 5.36. The van der Waals surface area contributed by atoms with Gasteiger partial charge in [-0.05, 0) is 50.5 Å². The lowest BCUT2D eigenvalue weighted by atomic mass is 10.0. The second-order valence-corrected chi connectivity index (χ2v) is 6.05. The molecule has 1 atom stereocenters. The van der Waals surface area contributed by atoms with E-state index in [1.807, 2.05) is 32.0 Å². The average molecular weight is 279 g/mol. The molecule has 21 heavy (non-hydrogen) atoms. The molecule has 0 aromatic heterocycles. The van der Waals surface area contributed by atoms with Crippen molar-refractivity contribution in [1.29, 1.82) is 0 Å². The molecule has 1 aliphatic heterocycles. The van der Waals surface area contributed by atoms with E-state index in [4.69, 9.17) is 0 Å². The third kappa shape index (κ3) is 2.58. The molecule has 0 radical (unpaired) electrons. The average Bonchev–Trinajstić information content (AvgIpc) is 2.78. The normalized spacial score (nSPS) is 16.9. The van der Waals surface area contributed by atoms with Gasteiger partial charge in [0.05, 0.1) is 6.54 Å². The molecule has 108 valence electrons. The Kier molecular flexibility index (Phi) is 3.54. The van der Waals surface area contributed by atoms with Crippen LogP contribution in [0, 0.1) is 13.8 Å². The number of Topliss-reactive ketones (excluding diaryl/α,β-unsaturated/α-hetero) is 1. The van der Waals surface area contributed by atoms with Crippen LogP contribution in [0.2, 0.25) is 0 Å². The van der Waals surface area contributed by atoms with Crippen LogP contribution in [0.4, 0.5) is 5.69 Å². The third-order valence-corrected chi connectivity index (χ3v) is 4.36. The van der Waals surface area contributed by atoms with Gasteiger partial charge in [0.15, 0.2) is 5.78 Å². The van der Waals surface area contributed by atoms with Gasteiger partial charge in [0.1, 0.15) is 0 Å². The fourth-order valence-electron chi connectivity index (χ4n) is 3.15. The van der Waals surface area contributed by atoms with Crippen molar-refractivity contribution in [2.45, 2.75) is 33.2 Å². The fraction of sp³-hybridized carbons (Fsp3) is 0.316. The number of carbonyl (C=O) groups excluding carboxylic acids is 1. The van der Waals surface area contributed by atoms with Crippen molar-refractivity contribution < 1.29 is 4.79 Å². The van der Waals surface area contributed by atoms with E-state index in [0.717, 1.165) is 23.1 Å². The number of ketones is 1. The number of hydrogen-bond donors (Lipinski definition) is 0. The monoisotopic (exact) mass is 279 g/mol. The van der Waals surface area contributed by atoms with Crippen LogP contribution in [0.25, 0.3) is 0 Å². The maximum Gasteiger partial charge on any atom is 0.182 e. The topological polar surface area (TPSA) is 20.3 Å². The van der Waals surface area contributed by atoms with Crippen LogP contribution in [-0.2, 0) is 6.42 Å². The van der Waals surface area contributed by atoms with E-state index in [1.165, 1.54) is 11.3 Å². The molecular weight excluding hydrogens is 258 g/mol. The maximum absolute atomic E-state index is 12.7. The minimum absolute atomic E-state index is 0.208. The van der Waals surface area contributed by atoms with Gasteiger partial charge in [-0.3, -0.25) is 4.79 Å². The van der Waals surface area contributed by atoms with Crippen LogP contribution in [0.1, 0.15) is 34.0 Å². The van der Waals surface area contributed by atoms with Gasteiger partial charge in [0.2, 0.25) is 0 Å². The molecule has 0 bridgehead atoms. The summed E-state index contributed by atoms with van der Waals surface area (Å²) in [4.78, 5) is 14.9. The highest BCUT2D eigenvalue weighted by Crippen LogP contribution is 2.31.